The molecule has 0 aliphatic carbocycles. The Morgan fingerprint density at radius 1 is 1.18 bits per heavy atom. The third-order valence-corrected chi connectivity index (χ3v) is 6.57. The number of carbonyl (C=O) groups is 2. The number of nitrogens with zero attached hydrogens (tertiary/aromatic N) is 4. The van der Waals surface area contributed by atoms with Crippen LogP contribution in [0.4, 0.5) is 0 Å². The van der Waals surface area contributed by atoms with E-state index in [1.807, 2.05) is 13.8 Å². The molecule has 2 heterocycles. The average Bonchev–Trinajstić information content (AvgIpc) is 2.93. The number of likely N-dealkylation sites (N-methyl/N-ethyl adjacent to an activating group) is 1. The Bertz CT molecular complexity index is 792. The zero-order valence-electron chi connectivity index (χ0n) is 17.1. The predicted molar refractivity (Wildman–Crippen MR) is 102 cm³/mol. The summed E-state index contributed by atoms with van der Waals surface area (Å²) in [7, 11) is -2.00. The van der Waals surface area contributed by atoms with Crippen molar-refractivity contribution in [2.75, 3.05) is 46.3 Å². The Morgan fingerprint density at radius 2 is 1.79 bits per heavy atom. The summed E-state index contributed by atoms with van der Waals surface area (Å²) >= 11 is 0. The van der Waals surface area contributed by atoms with Crippen molar-refractivity contribution in [3.63, 3.8) is 0 Å². The van der Waals surface area contributed by atoms with Crippen LogP contribution < -0.4 is 5.32 Å². The molecule has 1 aliphatic rings. The molecule has 11 heteroatoms. The fourth-order valence-corrected chi connectivity index (χ4v) is 4.86. The van der Waals surface area contributed by atoms with Crippen molar-refractivity contribution in [1.82, 2.24) is 24.6 Å². The van der Waals surface area contributed by atoms with Gasteiger partial charge in [0.2, 0.25) is 21.8 Å². The molecular formula is C17H29N5O5S. The van der Waals surface area contributed by atoms with Crippen molar-refractivity contribution in [1.29, 1.82) is 0 Å². The largest absolute Gasteiger partial charge is 0.360 e. The molecule has 0 spiro atoms. The highest BCUT2D eigenvalue weighted by Crippen LogP contribution is 2.24. The fraction of sp³-hybridized carbons (Fsp3) is 0.706. The lowest BCUT2D eigenvalue weighted by molar-refractivity contribution is -0.133. The number of rotatable bonds is 7. The molecule has 1 aromatic rings. The first-order valence-corrected chi connectivity index (χ1v) is 10.6. The highest BCUT2D eigenvalue weighted by molar-refractivity contribution is 7.89. The number of amides is 2. The minimum atomic E-state index is -3.70. The van der Waals surface area contributed by atoms with E-state index in [0.717, 1.165) is 0 Å². The van der Waals surface area contributed by atoms with Gasteiger partial charge < -0.3 is 14.7 Å². The number of sulfonamides is 1. The van der Waals surface area contributed by atoms with Crippen LogP contribution in [-0.4, -0.2) is 91.9 Å². The third-order valence-electron chi connectivity index (χ3n) is 4.43. The molecule has 0 aromatic carbocycles. The highest BCUT2D eigenvalue weighted by Gasteiger charge is 2.34. The Morgan fingerprint density at radius 3 is 2.29 bits per heavy atom. The van der Waals surface area contributed by atoms with Crippen molar-refractivity contribution in [3.05, 3.63) is 11.5 Å². The Hall–Kier alpha value is -1.98. The van der Waals surface area contributed by atoms with Crippen LogP contribution in [0.15, 0.2) is 9.42 Å². The van der Waals surface area contributed by atoms with Gasteiger partial charge in [0.25, 0.3) is 0 Å². The Labute approximate surface area is 165 Å². The standard InChI is InChI=1S/C17H29N5O5S/c1-12(2)18-15(23)10-20(5)11-16(24)21-6-8-22(9-7-21)28(25,26)17-13(3)19-27-14(17)4/h12H,6-11H2,1-5H3,(H,18,23). The summed E-state index contributed by atoms with van der Waals surface area (Å²) in [5, 5.41) is 6.49. The number of aromatic nitrogens is 1. The molecule has 0 bridgehead atoms. The Kier molecular flexibility index (Phi) is 7.18. The molecule has 28 heavy (non-hydrogen) atoms. The van der Waals surface area contributed by atoms with Gasteiger partial charge in [-0.15, -0.1) is 0 Å². The van der Waals surface area contributed by atoms with E-state index in [1.54, 1.807) is 30.7 Å². The molecule has 10 nitrogen and oxygen atoms in total. The fourth-order valence-electron chi connectivity index (χ4n) is 3.15. The molecule has 1 aromatic heterocycles. The van der Waals surface area contributed by atoms with E-state index < -0.39 is 10.0 Å². The van der Waals surface area contributed by atoms with Crippen molar-refractivity contribution in [3.8, 4) is 0 Å². The number of hydrogen-bond donors (Lipinski definition) is 1. The normalized spacial score (nSPS) is 16.0. The summed E-state index contributed by atoms with van der Waals surface area (Å²) in [5.74, 6) is -0.00721. The van der Waals surface area contributed by atoms with E-state index in [4.69, 9.17) is 4.52 Å². The van der Waals surface area contributed by atoms with Crippen LogP contribution in [0.25, 0.3) is 0 Å². The van der Waals surface area contributed by atoms with Gasteiger partial charge in [-0.25, -0.2) is 8.42 Å². The molecule has 0 unspecified atom stereocenters. The first kappa shape index (κ1) is 22.3. The first-order valence-electron chi connectivity index (χ1n) is 9.21. The van der Waals surface area contributed by atoms with E-state index >= 15 is 0 Å². The van der Waals surface area contributed by atoms with E-state index in [-0.39, 0.29) is 54.7 Å². The Balaban J connectivity index is 1.89. The molecule has 1 fully saturated rings. The predicted octanol–water partition coefficient (Wildman–Crippen LogP) is -0.419. The van der Waals surface area contributed by atoms with Gasteiger partial charge in [-0.3, -0.25) is 14.5 Å². The molecule has 1 N–H and O–H groups in total. The molecule has 2 rings (SSSR count). The summed E-state index contributed by atoms with van der Waals surface area (Å²) in [6.07, 6.45) is 0. The summed E-state index contributed by atoms with van der Waals surface area (Å²) in [6, 6.07) is 0.0457. The van der Waals surface area contributed by atoms with Gasteiger partial charge in [-0.05, 0) is 34.7 Å². The van der Waals surface area contributed by atoms with Gasteiger partial charge in [-0.2, -0.15) is 4.31 Å². The zero-order chi connectivity index (χ0) is 21.1. The maximum Gasteiger partial charge on any atom is 0.248 e. The second-order valence-electron chi connectivity index (χ2n) is 7.33. The van der Waals surface area contributed by atoms with Crippen LogP contribution >= 0.6 is 0 Å². The van der Waals surface area contributed by atoms with Crippen molar-refractivity contribution in [2.24, 2.45) is 0 Å². The van der Waals surface area contributed by atoms with Gasteiger partial charge in [0.05, 0.1) is 13.1 Å². The highest BCUT2D eigenvalue weighted by atomic mass is 32.2. The third kappa shape index (κ3) is 5.30. The molecule has 0 radical (unpaired) electrons. The second kappa shape index (κ2) is 9.01. The number of hydrogen-bond acceptors (Lipinski definition) is 7. The van der Waals surface area contributed by atoms with Gasteiger partial charge >= 0.3 is 0 Å². The number of piperazine rings is 1. The summed E-state index contributed by atoms with van der Waals surface area (Å²) in [4.78, 5) is 27.6. The molecule has 2 amide bonds. The summed E-state index contributed by atoms with van der Waals surface area (Å²) in [6.45, 7) is 8.14. The number of aryl methyl sites for hydroxylation is 2. The molecular weight excluding hydrogens is 386 g/mol. The van der Waals surface area contributed by atoms with Crippen LogP contribution in [0, 0.1) is 13.8 Å². The first-order chi connectivity index (χ1) is 13.0. The second-order valence-corrected chi connectivity index (χ2v) is 9.21. The van der Waals surface area contributed by atoms with Gasteiger partial charge in [0, 0.05) is 32.2 Å². The lowest BCUT2D eigenvalue weighted by atomic mass is 10.3. The molecule has 0 saturated carbocycles. The lowest BCUT2D eigenvalue weighted by Gasteiger charge is -2.34. The van der Waals surface area contributed by atoms with Crippen LogP contribution in [-0.2, 0) is 19.6 Å². The maximum atomic E-state index is 12.8. The number of carbonyl (C=O) groups excluding carboxylic acids is 2. The lowest BCUT2D eigenvalue weighted by Crippen LogP contribution is -2.52. The van der Waals surface area contributed by atoms with E-state index in [1.165, 1.54) is 4.31 Å². The van der Waals surface area contributed by atoms with E-state index in [0.29, 0.717) is 18.8 Å². The molecule has 1 saturated heterocycles. The zero-order valence-corrected chi connectivity index (χ0v) is 17.9. The SMILES string of the molecule is Cc1noc(C)c1S(=O)(=O)N1CCN(C(=O)CN(C)CC(=O)NC(C)C)CC1. The molecule has 0 atom stereocenters. The number of nitrogens with one attached hydrogen (secondary N) is 1. The van der Waals surface area contributed by atoms with E-state index in [2.05, 4.69) is 10.5 Å². The van der Waals surface area contributed by atoms with Gasteiger partial charge in [0.15, 0.2) is 5.76 Å². The van der Waals surface area contributed by atoms with Crippen LogP contribution in [0.5, 0.6) is 0 Å². The van der Waals surface area contributed by atoms with Gasteiger partial charge in [-0.1, -0.05) is 5.16 Å². The minimum absolute atomic E-state index is 0.0457. The van der Waals surface area contributed by atoms with E-state index in [9.17, 15) is 18.0 Å². The van der Waals surface area contributed by atoms with Crippen LogP contribution in [0.3, 0.4) is 0 Å². The molecule has 158 valence electrons. The quantitative estimate of drug-likeness (QED) is 0.643. The topological polar surface area (TPSA) is 116 Å². The maximum absolute atomic E-state index is 12.8. The summed E-state index contributed by atoms with van der Waals surface area (Å²) < 4.78 is 32.0. The average molecular weight is 416 g/mol. The smallest absolute Gasteiger partial charge is 0.248 e. The van der Waals surface area contributed by atoms with Crippen LogP contribution in [0.1, 0.15) is 25.3 Å². The van der Waals surface area contributed by atoms with Crippen molar-refractivity contribution in [2.45, 2.75) is 38.6 Å². The van der Waals surface area contributed by atoms with Crippen LogP contribution in [0.2, 0.25) is 0 Å². The van der Waals surface area contributed by atoms with Crippen molar-refractivity contribution >= 4 is 21.8 Å². The molecule has 1 aliphatic heterocycles. The van der Waals surface area contributed by atoms with Crippen molar-refractivity contribution < 1.29 is 22.5 Å². The monoisotopic (exact) mass is 415 g/mol. The van der Waals surface area contributed by atoms with Gasteiger partial charge in [0.1, 0.15) is 10.6 Å². The minimum Gasteiger partial charge on any atom is -0.360 e. The summed E-state index contributed by atoms with van der Waals surface area (Å²) in [5.41, 5.74) is 0.331.